The van der Waals surface area contributed by atoms with Gasteiger partial charge in [0.1, 0.15) is 0 Å². The molecule has 1 aromatic carbocycles. The van der Waals surface area contributed by atoms with Gasteiger partial charge in [0, 0.05) is 12.6 Å². The number of hydrogen-bond acceptors (Lipinski definition) is 3. The van der Waals surface area contributed by atoms with Gasteiger partial charge in [-0.05, 0) is 50.4 Å². The van der Waals surface area contributed by atoms with E-state index in [-0.39, 0.29) is 6.04 Å². The van der Waals surface area contributed by atoms with E-state index in [9.17, 15) is 8.42 Å². The van der Waals surface area contributed by atoms with Crippen LogP contribution >= 0.6 is 0 Å². The summed E-state index contributed by atoms with van der Waals surface area (Å²) in [5, 5.41) is 3.14. The lowest BCUT2D eigenvalue weighted by atomic mass is 9.90. The van der Waals surface area contributed by atoms with E-state index in [4.69, 9.17) is 0 Å². The van der Waals surface area contributed by atoms with Gasteiger partial charge in [-0.3, -0.25) is 0 Å². The fraction of sp³-hybridized carbons (Fsp3) is 0.625. The minimum atomic E-state index is -3.38. The maximum atomic E-state index is 12.3. The van der Waals surface area contributed by atoms with Gasteiger partial charge >= 0.3 is 0 Å². The first kappa shape index (κ1) is 16.5. The van der Waals surface area contributed by atoms with Crippen molar-refractivity contribution in [3.8, 4) is 0 Å². The minimum Gasteiger partial charge on any atom is -0.313 e. The zero-order valence-corrected chi connectivity index (χ0v) is 13.7. The SMILES string of the molecule is CNC(C)c1ccc(S(=O)(=O)NCC2CCCCC2)cc1. The van der Waals surface area contributed by atoms with Crippen molar-refractivity contribution in [1.82, 2.24) is 10.0 Å². The van der Waals surface area contributed by atoms with Crippen LogP contribution in [0.4, 0.5) is 0 Å². The summed E-state index contributed by atoms with van der Waals surface area (Å²) in [7, 11) is -1.49. The topological polar surface area (TPSA) is 58.2 Å². The zero-order valence-electron chi connectivity index (χ0n) is 12.9. The molecule has 2 N–H and O–H groups in total. The lowest BCUT2D eigenvalue weighted by Gasteiger charge is -2.21. The van der Waals surface area contributed by atoms with Gasteiger partial charge in [-0.15, -0.1) is 0 Å². The summed E-state index contributed by atoms with van der Waals surface area (Å²) in [6.45, 7) is 2.61. The van der Waals surface area contributed by atoms with Crippen molar-refractivity contribution < 1.29 is 8.42 Å². The van der Waals surface area contributed by atoms with Crippen molar-refractivity contribution in [2.75, 3.05) is 13.6 Å². The highest BCUT2D eigenvalue weighted by Crippen LogP contribution is 2.23. The zero-order chi connectivity index (χ0) is 15.3. The fourth-order valence-corrected chi connectivity index (χ4v) is 3.92. The van der Waals surface area contributed by atoms with Crippen molar-refractivity contribution in [3.05, 3.63) is 29.8 Å². The van der Waals surface area contributed by atoms with Gasteiger partial charge in [0.15, 0.2) is 0 Å². The minimum absolute atomic E-state index is 0.219. The molecule has 118 valence electrons. The quantitative estimate of drug-likeness (QED) is 0.849. The summed E-state index contributed by atoms with van der Waals surface area (Å²) in [6, 6.07) is 7.34. The van der Waals surface area contributed by atoms with Crippen LogP contribution in [0.5, 0.6) is 0 Å². The second kappa shape index (κ2) is 7.38. The van der Waals surface area contributed by atoms with Crippen LogP contribution in [0.25, 0.3) is 0 Å². The summed E-state index contributed by atoms with van der Waals surface area (Å²) < 4.78 is 27.4. The van der Waals surface area contributed by atoms with Crippen molar-refractivity contribution in [2.45, 2.75) is 50.0 Å². The van der Waals surface area contributed by atoms with Crippen molar-refractivity contribution in [3.63, 3.8) is 0 Å². The average molecular weight is 310 g/mol. The van der Waals surface area contributed by atoms with E-state index in [1.807, 2.05) is 26.1 Å². The Bertz CT molecular complexity index is 534. The predicted octanol–water partition coefficient (Wildman–Crippen LogP) is 2.83. The molecule has 0 radical (unpaired) electrons. The molecule has 1 aliphatic carbocycles. The second-order valence-electron chi connectivity index (χ2n) is 5.94. The predicted molar refractivity (Wildman–Crippen MR) is 85.7 cm³/mol. The van der Waals surface area contributed by atoms with Crippen molar-refractivity contribution in [1.29, 1.82) is 0 Å². The van der Waals surface area contributed by atoms with Gasteiger partial charge in [-0.2, -0.15) is 0 Å². The average Bonchev–Trinajstić information content (AvgIpc) is 2.53. The van der Waals surface area contributed by atoms with E-state index >= 15 is 0 Å². The first-order valence-electron chi connectivity index (χ1n) is 7.80. The molecule has 1 atom stereocenters. The van der Waals surface area contributed by atoms with Crippen LogP contribution in [-0.2, 0) is 10.0 Å². The van der Waals surface area contributed by atoms with E-state index in [1.165, 1.54) is 19.3 Å². The van der Waals surface area contributed by atoms with Crippen LogP contribution in [0.15, 0.2) is 29.2 Å². The van der Waals surface area contributed by atoms with Crippen molar-refractivity contribution >= 4 is 10.0 Å². The maximum Gasteiger partial charge on any atom is 0.240 e. The van der Waals surface area contributed by atoms with Gasteiger partial charge in [0.05, 0.1) is 4.90 Å². The Kier molecular flexibility index (Phi) is 5.79. The van der Waals surface area contributed by atoms with Gasteiger partial charge in [-0.25, -0.2) is 13.1 Å². The van der Waals surface area contributed by atoms with Gasteiger partial charge in [0.25, 0.3) is 0 Å². The normalized spacial score (nSPS) is 18.6. The summed E-state index contributed by atoms with van der Waals surface area (Å²) >= 11 is 0. The Balaban J connectivity index is 1.98. The smallest absolute Gasteiger partial charge is 0.240 e. The molecule has 0 saturated heterocycles. The van der Waals surface area contributed by atoms with Crippen molar-refractivity contribution in [2.24, 2.45) is 5.92 Å². The summed E-state index contributed by atoms with van der Waals surface area (Å²) in [4.78, 5) is 0.352. The number of benzene rings is 1. The standard InChI is InChI=1S/C16H26N2O2S/c1-13(17-2)15-8-10-16(11-9-15)21(19,20)18-12-14-6-4-3-5-7-14/h8-11,13-14,17-18H,3-7,12H2,1-2H3. The molecule has 0 amide bonds. The molecule has 4 nitrogen and oxygen atoms in total. The molecule has 21 heavy (non-hydrogen) atoms. The first-order chi connectivity index (χ1) is 10.0. The summed E-state index contributed by atoms with van der Waals surface area (Å²) in [6.07, 6.45) is 6.02. The van der Waals surface area contributed by atoms with Crippen LogP contribution in [0.3, 0.4) is 0 Å². The molecule has 1 aliphatic rings. The maximum absolute atomic E-state index is 12.3. The van der Waals surface area contributed by atoms with Crippen LogP contribution in [-0.4, -0.2) is 22.0 Å². The molecule has 5 heteroatoms. The van der Waals surface area contributed by atoms with Gasteiger partial charge in [0.2, 0.25) is 10.0 Å². The molecular weight excluding hydrogens is 284 g/mol. The Morgan fingerprint density at radius 3 is 2.33 bits per heavy atom. The van der Waals surface area contributed by atoms with Gasteiger partial charge < -0.3 is 5.32 Å². The number of sulfonamides is 1. The van der Waals surface area contributed by atoms with E-state index in [0.29, 0.717) is 17.4 Å². The Hall–Kier alpha value is -0.910. The highest BCUT2D eigenvalue weighted by atomic mass is 32.2. The molecule has 0 bridgehead atoms. The van der Waals surface area contributed by atoms with Crippen LogP contribution in [0.1, 0.15) is 50.6 Å². The molecule has 2 rings (SSSR count). The third kappa shape index (κ3) is 4.53. The van der Waals surface area contributed by atoms with Crippen LogP contribution in [0, 0.1) is 5.92 Å². The Morgan fingerprint density at radius 1 is 1.14 bits per heavy atom. The third-order valence-corrected chi connectivity index (χ3v) is 5.85. The Labute approximate surface area is 128 Å². The molecule has 0 aromatic heterocycles. The lowest BCUT2D eigenvalue weighted by molar-refractivity contribution is 0.357. The van der Waals surface area contributed by atoms with E-state index in [0.717, 1.165) is 18.4 Å². The van der Waals surface area contributed by atoms with Crippen LogP contribution < -0.4 is 10.0 Å². The molecule has 1 fully saturated rings. The molecule has 1 aromatic rings. The third-order valence-electron chi connectivity index (χ3n) is 4.41. The largest absolute Gasteiger partial charge is 0.313 e. The first-order valence-corrected chi connectivity index (χ1v) is 9.28. The highest BCUT2D eigenvalue weighted by molar-refractivity contribution is 7.89. The molecule has 1 unspecified atom stereocenters. The summed E-state index contributed by atoms with van der Waals surface area (Å²) in [5.41, 5.74) is 1.09. The molecule has 0 spiro atoms. The van der Waals surface area contributed by atoms with Gasteiger partial charge in [-0.1, -0.05) is 31.4 Å². The summed E-state index contributed by atoms with van der Waals surface area (Å²) in [5.74, 6) is 0.497. The fourth-order valence-electron chi connectivity index (χ4n) is 2.80. The molecule has 1 saturated carbocycles. The molecular formula is C16H26N2O2S. The monoisotopic (exact) mass is 310 g/mol. The van der Waals surface area contributed by atoms with E-state index < -0.39 is 10.0 Å². The van der Waals surface area contributed by atoms with E-state index in [1.54, 1.807) is 12.1 Å². The molecule has 0 heterocycles. The molecule has 0 aliphatic heterocycles. The van der Waals surface area contributed by atoms with Crippen LogP contribution in [0.2, 0.25) is 0 Å². The highest BCUT2D eigenvalue weighted by Gasteiger charge is 2.19. The van der Waals surface area contributed by atoms with E-state index in [2.05, 4.69) is 10.0 Å². The number of nitrogens with one attached hydrogen (secondary N) is 2. The second-order valence-corrected chi connectivity index (χ2v) is 7.70. The number of rotatable bonds is 6. The number of hydrogen-bond donors (Lipinski definition) is 2. The lowest BCUT2D eigenvalue weighted by Crippen LogP contribution is -2.30. The Morgan fingerprint density at radius 2 is 1.76 bits per heavy atom.